The van der Waals surface area contributed by atoms with Crippen molar-refractivity contribution < 1.29 is 8.78 Å². The van der Waals surface area contributed by atoms with Crippen LogP contribution >= 0.6 is 0 Å². The molecule has 1 atom stereocenters. The molecule has 1 aliphatic heterocycles. The van der Waals surface area contributed by atoms with Gasteiger partial charge < -0.3 is 4.90 Å². The van der Waals surface area contributed by atoms with Crippen LogP contribution < -0.4 is 4.90 Å². The largest absolute Gasteiger partial charge is 0.369 e. The van der Waals surface area contributed by atoms with Crippen LogP contribution in [-0.4, -0.2) is 18.8 Å². The summed E-state index contributed by atoms with van der Waals surface area (Å²) in [5.74, 6) is -0.327. The van der Waals surface area contributed by atoms with Crippen molar-refractivity contribution in [3.05, 3.63) is 59.2 Å². The molecule has 0 bridgehead atoms. The summed E-state index contributed by atoms with van der Waals surface area (Å²) < 4.78 is 27.7. The molecule has 2 nitrogen and oxygen atoms in total. The lowest BCUT2D eigenvalue weighted by Crippen LogP contribution is -2.45. The van der Waals surface area contributed by atoms with E-state index in [2.05, 4.69) is 30.7 Å². The van der Waals surface area contributed by atoms with Crippen molar-refractivity contribution in [1.29, 1.82) is 0 Å². The molecular formula is C20H22F2N2. The van der Waals surface area contributed by atoms with E-state index in [1.807, 2.05) is 13.1 Å². The number of halogens is 2. The Morgan fingerprint density at radius 2 is 1.96 bits per heavy atom. The van der Waals surface area contributed by atoms with Crippen LogP contribution in [-0.2, 0) is 0 Å². The number of fused-ring (bicyclic) bond motifs is 1. The van der Waals surface area contributed by atoms with Gasteiger partial charge in [0.15, 0.2) is 0 Å². The summed E-state index contributed by atoms with van der Waals surface area (Å²) in [6.45, 7) is 6.51. The van der Waals surface area contributed by atoms with E-state index in [9.17, 15) is 8.78 Å². The van der Waals surface area contributed by atoms with E-state index < -0.39 is 0 Å². The zero-order valence-corrected chi connectivity index (χ0v) is 14.5. The van der Waals surface area contributed by atoms with Crippen LogP contribution in [0.5, 0.6) is 0 Å². The smallest absolute Gasteiger partial charge is 0.134 e. The summed E-state index contributed by atoms with van der Waals surface area (Å²) in [7, 11) is 2.00. The third-order valence-corrected chi connectivity index (χ3v) is 4.91. The second-order valence-electron chi connectivity index (χ2n) is 7.15. The Hall–Kier alpha value is -2.23. The Bertz CT molecular complexity index is 796. The van der Waals surface area contributed by atoms with E-state index in [0.717, 1.165) is 17.7 Å². The first-order chi connectivity index (χ1) is 11.3. The lowest BCUT2D eigenvalue weighted by Gasteiger charge is -2.45. The quantitative estimate of drug-likeness (QED) is 0.671. The molecule has 3 rings (SSSR count). The highest BCUT2D eigenvalue weighted by Crippen LogP contribution is 2.43. The average Bonchev–Trinajstić information content (AvgIpc) is 2.51. The monoisotopic (exact) mass is 328 g/mol. The molecule has 1 unspecified atom stereocenters. The molecule has 1 aliphatic rings. The third-order valence-electron chi connectivity index (χ3n) is 4.91. The Morgan fingerprint density at radius 1 is 1.21 bits per heavy atom. The highest BCUT2D eigenvalue weighted by atomic mass is 19.1. The molecule has 0 fully saturated rings. The fraction of sp³-hybridized carbons (Fsp3) is 0.350. The van der Waals surface area contributed by atoms with Crippen molar-refractivity contribution >= 4 is 17.6 Å². The summed E-state index contributed by atoms with van der Waals surface area (Å²) in [6, 6.07) is 9.41. The normalized spacial score (nSPS) is 19.6. The first-order valence-electron chi connectivity index (χ1n) is 8.15. The predicted octanol–water partition coefficient (Wildman–Crippen LogP) is 5.44. The third kappa shape index (κ3) is 3.05. The van der Waals surface area contributed by atoms with Gasteiger partial charge in [-0.05, 0) is 62.1 Å². The van der Waals surface area contributed by atoms with Crippen LogP contribution in [0.15, 0.2) is 41.4 Å². The molecule has 4 heteroatoms. The van der Waals surface area contributed by atoms with Gasteiger partial charge in [0.1, 0.15) is 11.6 Å². The number of benzene rings is 2. The zero-order valence-electron chi connectivity index (χ0n) is 14.5. The van der Waals surface area contributed by atoms with Gasteiger partial charge in [-0.1, -0.05) is 13.0 Å². The van der Waals surface area contributed by atoms with E-state index in [1.165, 1.54) is 18.3 Å². The number of hydrogen-bond donors (Lipinski definition) is 0. The number of aliphatic imine (C=N–C) groups is 1. The van der Waals surface area contributed by atoms with Gasteiger partial charge in [-0.2, -0.15) is 0 Å². The van der Waals surface area contributed by atoms with E-state index in [-0.39, 0.29) is 17.2 Å². The SMILES string of the molecule is CC1CC(C)(C)N(C)c2cc(F)c(C=Nc3cccc(F)c3)cc21. The Balaban J connectivity index is 1.99. The summed E-state index contributed by atoms with van der Waals surface area (Å²) in [5, 5.41) is 0. The first kappa shape index (κ1) is 16.6. The van der Waals surface area contributed by atoms with Crippen molar-refractivity contribution in [2.75, 3.05) is 11.9 Å². The summed E-state index contributed by atoms with van der Waals surface area (Å²) in [4.78, 5) is 6.34. The molecule has 0 amide bonds. The minimum atomic E-state index is -0.354. The van der Waals surface area contributed by atoms with Crippen LogP contribution in [0, 0.1) is 11.6 Å². The fourth-order valence-corrected chi connectivity index (χ4v) is 3.40. The molecule has 0 N–H and O–H groups in total. The minimum Gasteiger partial charge on any atom is -0.369 e. The van der Waals surface area contributed by atoms with Crippen molar-refractivity contribution in [2.45, 2.75) is 38.6 Å². The maximum Gasteiger partial charge on any atom is 0.134 e. The maximum atomic E-state index is 14.5. The summed E-state index contributed by atoms with van der Waals surface area (Å²) >= 11 is 0. The zero-order chi connectivity index (χ0) is 17.5. The van der Waals surface area contributed by atoms with Gasteiger partial charge in [-0.15, -0.1) is 0 Å². The molecule has 0 radical (unpaired) electrons. The van der Waals surface area contributed by atoms with Crippen molar-refractivity contribution in [1.82, 2.24) is 0 Å². The number of hydrogen-bond acceptors (Lipinski definition) is 2. The molecule has 2 aromatic carbocycles. The molecule has 0 aromatic heterocycles. The van der Waals surface area contributed by atoms with Gasteiger partial charge in [-0.25, -0.2) is 8.78 Å². The van der Waals surface area contributed by atoms with Crippen molar-refractivity contribution in [3.63, 3.8) is 0 Å². The Morgan fingerprint density at radius 3 is 2.67 bits per heavy atom. The lowest BCUT2D eigenvalue weighted by atomic mass is 9.80. The average molecular weight is 328 g/mol. The van der Waals surface area contributed by atoms with Gasteiger partial charge in [0.2, 0.25) is 0 Å². The highest BCUT2D eigenvalue weighted by Gasteiger charge is 2.34. The molecule has 0 saturated carbocycles. The molecule has 126 valence electrons. The van der Waals surface area contributed by atoms with E-state index in [0.29, 0.717) is 17.2 Å². The fourth-order valence-electron chi connectivity index (χ4n) is 3.40. The number of anilines is 1. The van der Waals surface area contributed by atoms with Gasteiger partial charge >= 0.3 is 0 Å². The topological polar surface area (TPSA) is 15.6 Å². The Labute approximate surface area is 141 Å². The van der Waals surface area contributed by atoms with E-state index in [1.54, 1.807) is 18.2 Å². The predicted molar refractivity (Wildman–Crippen MR) is 95.6 cm³/mol. The number of nitrogens with zero attached hydrogens (tertiary/aromatic N) is 2. The highest BCUT2D eigenvalue weighted by molar-refractivity contribution is 5.84. The molecule has 0 aliphatic carbocycles. The van der Waals surface area contributed by atoms with Crippen LogP contribution in [0.25, 0.3) is 0 Å². The molecular weight excluding hydrogens is 306 g/mol. The Kier molecular flexibility index (Phi) is 4.16. The molecule has 24 heavy (non-hydrogen) atoms. The molecule has 1 heterocycles. The maximum absolute atomic E-state index is 14.5. The van der Waals surface area contributed by atoms with Crippen LogP contribution in [0.2, 0.25) is 0 Å². The second kappa shape index (κ2) is 6.00. The molecule has 2 aromatic rings. The minimum absolute atomic E-state index is 0.00394. The van der Waals surface area contributed by atoms with Gasteiger partial charge in [-0.3, -0.25) is 4.99 Å². The van der Waals surface area contributed by atoms with E-state index >= 15 is 0 Å². The van der Waals surface area contributed by atoms with Crippen molar-refractivity contribution in [2.24, 2.45) is 4.99 Å². The van der Waals surface area contributed by atoms with Crippen LogP contribution in [0.4, 0.5) is 20.2 Å². The van der Waals surface area contributed by atoms with Gasteiger partial charge in [0.05, 0.1) is 5.69 Å². The van der Waals surface area contributed by atoms with Gasteiger partial charge in [0, 0.05) is 30.1 Å². The van der Waals surface area contributed by atoms with Crippen LogP contribution in [0.3, 0.4) is 0 Å². The molecule has 0 spiro atoms. The van der Waals surface area contributed by atoms with Gasteiger partial charge in [0.25, 0.3) is 0 Å². The standard InChI is InChI=1S/C20H22F2N2/c1-13-11-20(2,3)24(4)19-10-18(22)14(8-17(13)19)12-23-16-7-5-6-15(21)9-16/h5-10,12-13H,11H2,1-4H3. The summed E-state index contributed by atoms with van der Waals surface area (Å²) in [5.41, 5.74) is 2.95. The van der Waals surface area contributed by atoms with E-state index in [4.69, 9.17) is 0 Å². The molecule has 0 saturated heterocycles. The van der Waals surface area contributed by atoms with Crippen LogP contribution in [0.1, 0.15) is 44.2 Å². The number of rotatable bonds is 2. The first-order valence-corrected chi connectivity index (χ1v) is 8.15. The second-order valence-corrected chi connectivity index (χ2v) is 7.15. The summed E-state index contributed by atoms with van der Waals surface area (Å²) in [6.07, 6.45) is 2.47. The van der Waals surface area contributed by atoms with Crippen molar-refractivity contribution in [3.8, 4) is 0 Å². The lowest BCUT2D eigenvalue weighted by molar-refractivity contribution is 0.394.